The fourth-order valence-corrected chi connectivity index (χ4v) is 1.88. The van der Waals surface area contributed by atoms with Crippen molar-refractivity contribution in [3.8, 4) is 0 Å². The lowest BCUT2D eigenvalue weighted by molar-refractivity contribution is 0.614. The standard InChI is InChI=1S/C13H22N2/c1-9-7-11(3)12(8-10(9)2)13(15)5-4-6-14/h7-8,13H,4-6,14-15H2,1-3H3. The lowest BCUT2D eigenvalue weighted by atomic mass is 9.94. The summed E-state index contributed by atoms with van der Waals surface area (Å²) >= 11 is 0. The van der Waals surface area contributed by atoms with E-state index in [9.17, 15) is 0 Å². The third-order valence-electron chi connectivity index (χ3n) is 3.00. The van der Waals surface area contributed by atoms with Crippen LogP contribution in [0, 0.1) is 20.8 Å². The number of aryl methyl sites for hydroxylation is 3. The van der Waals surface area contributed by atoms with Crippen LogP contribution in [0.15, 0.2) is 12.1 Å². The van der Waals surface area contributed by atoms with Gasteiger partial charge in [-0.25, -0.2) is 0 Å². The highest BCUT2D eigenvalue weighted by Crippen LogP contribution is 2.22. The van der Waals surface area contributed by atoms with Crippen molar-refractivity contribution in [2.45, 2.75) is 39.7 Å². The molecule has 0 heterocycles. The van der Waals surface area contributed by atoms with Gasteiger partial charge in [-0.2, -0.15) is 0 Å². The van der Waals surface area contributed by atoms with Gasteiger partial charge in [0.05, 0.1) is 0 Å². The van der Waals surface area contributed by atoms with Gasteiger partial charge in [-0.15, -0.1) is 0 Å². The van der Waals surface area contributed by atoms with Crippen molar-refractivity contribution in [1.82, 2.24) is 0 Å². The first kappa shape index (κ1) is 12.2. The molecular formula is C13H22N2. The van der Waals surface area contributed by atoms with Crippen LogP contribution in [0.4, 0.5) is 0 Å². The number of rotatable bonds is 4. The molecule has 0 aliphatic heterocycles. The van der Waals surface area contributed by atoms with Gasteiger partial charge >= 0.3 is 0 Å². The van der Waals surface area contributed by atoms with Crippen molar-refractivity contribution >= 4 is 0 Å². The molecule has 15 heavy (non-hydrogen) atoms. The summed E-state index contributed by atoms with van der Waals surface area (Å²) in [5, 5.41) is 0. The van der Waals surface area contributed by atoms with Crippen LogP contribution in [0.3, 0.4) is 0 Å². The van der Waals surface area contributed by atoms with E-state index in [0.717, 1.165) is 19.4 Å². The molecule has 0 aromatic heterocycles. The molecule has 0 bridgehead atoms. The average Bonchev–Trinajstić information content (AvgIpc) is 2.20. The Hall–Kier alpha value is -0.860. The van der Waals surface area contributed by atoms with Crippen LogP contribution in [-0.4, -0.2) is 6.54 Å². The zero-order chi connectivity index (χ0) is 11.4. The van der Waals surface area contributed by atoms with Gasteiger partial charge in [0, 0.05) is 6.04 Å². The fraction of sp³-hybridized carbons (Fsp3) is 0.538. The summed E-state index contributed by atoms with van der Waals surface area (Å²) < 4.78 is 0. The molecule has 0 aliphatic rings. The molecule has 0 fully saturated rings. The molecule has 0 saturated heterocycles. The third-order valence-corrected chi connectivity index (χ3v) is 3.00. The molecular weight excluding hydrogens is 184 g/mol. The van der Waals surface area contributed by atoms with Gasteiger partial charge in [-0.3, -0.25) is 0 Å². The number of hydrogen-bond acceptors (Lipinski definition) is 2. The molecule has 1 aromatic rings. The number of nitrogens with two attached hydrogens (primary N) is 2. The van der Waals surface area contributed by atoms with Gasteiger partial charge in [-0.1, -0.05) is 12.1 Å². The maximum atomic E-state index is 6.15. The molecule has 0 amide bonds. The molecule has 4 N–H and O–H groups in total. The minimum Gasteiger partial charge on any atom is -0.330 e. The molecule has 1 rings (SSSR count). The lowest BCUT2D eigenvalue weighted by Gasteiger charge is -2.16. The summed E-state index contributed by atoms with van der Waals surface area (Å²) in [5.41, 5.74) is 16.9. The Kier molecular flexibility index (Phi) is 4.30. The first-order chi connectivity index (χ1) is 7.06. The maximum Gasteiger partial charge on any atom is 0.0298 e. The highest BCUT2D eigenvalue weighted by Gasteiger charge is 2.09. The van der Waals surface area contributed by atoms with Crippen molar-refractivity contribution in [2.75, 3.05) is 6.54 Å². The van der Waals surface area contributed by atoms with Gasteiger partial charge in [0.1, 0.15) is 0 Å². The molecule has 84 valence electrons. The summed E-state index contributed by atoms with van der Waals surface area (Å²) in [6.07, 6.45) is 1.97. The molecule has 0 radical (unpaired) electrons. The Morgan fingerprint density at radius 3 is 2.27 bits per heavy atom. The van der Waals surface area contributed by atoms with E-state index in [4.69, 9.17) is 11.5 Å². The van der Waals surface area contributed by atoms with Gasteiger partial charge in [0.15, 0.2) is 0 Å². The van der Waals surface area contributed by atoms with Crippen molar-refractivity contribution in [3.05, 3.63) is 34.4 Å². The fourth-order valence-electron chi connectivity index (χ4n) is 1.88. The molecule has 2 heteroatoms. The largest absolute Gasteiger partial charge is 0.330 e. The van der Waals surface area contributed by atoms with Crippen molar-refractivity contribution < 1.29 is 0 Å². The second-order valence-electron chi connectivity index (χ2n) is 4.33. The van der Waals surface area contributed by atoms with Crippen molar-refractivity contribution in [3.63, 3.8) is 0 Å². The smallest absolute Gasteiger partial charge is 0.0298 e. The molecule has 2 nitrogen and oxygen atoms in total. The average molecular weight is 206 g/mol. The minimum atomic E-state index is 0.132. The van der Waals surface area contributed by atoms with Crippen LogP contribution in [0.1, 0.15) is 41.1 Å². The van der Waals surface area contributed by atoms with Crippen LogP contribution in [-0.2, 0) is 0 Å². The first-order valence-electron chi connectivity index (χ1n) is 5.59. The van der Waals surface area contributed by atoms with Crippen molar-refractivity contribution in [1.29, 1.82) is 0 Å². The van der Waals surface area contributed by atoms with E-state index in [0.29, 0.717) is 0 Å². The zero-order valence-corrected chi connectivity index (χ0v) is 10.0. The molecule has 1 unspecified atom stereocenters. The second-order valence-corrected chi connectivity index (χ2v) is 4.33. The van der Waals surface area contributed by atoms with Crippen molar-refractivity contribution in [2.24, 2.45) is 11.5 Å². The Morgan fingerprint density at radius 1 is 1.07 bits per heavy atom. The highest BCUT2D eigenvalue weighted by molar-refractivity contribution is 5.38. The minimum absolute atomic E-state index is 0.132. The quantitative estimate of drug-likeness (QED) is 0.794. The molecule has 0 spiro atoms. The Bertz CT molecular complexity index is 332. The molecule has 0 aliphatic carbocycles. The topological polar surface area (TPSA) is 52.0 Å². The molecule has 1 atom stereocenters. The Labute approximate surface area is 92.7 Å². The first-order valence-corrected chi connectivity index (χ1v) is 5.59. The van der Waals surface area contributed by atoms with Gasteiger partial charge in [-0.05, 0) is 62.4 Å². The van der Waals surface area contributed by atoms with E-state index in [1.807, 2.05) is 0 Å². The summed E-state index contributed by atoms with van der Waals surface area (Å²) in [6, 6.07) is 4.56. The molecule has 0 saturated carbocycles. The van der Waals surface area contributed by atoms with E-state index in [1.54, 1.807) is 0 Å². The zero-order valence-electron chi connectivity index (χ0n) is 10.0. The Morgan fingerprint density at radius 2 is 1.67 bits per heavy atom. The van der Waals surface area contributed by atoms with E-state index in [1.165, 1.54) is 22.3 Å². The van der Waals surface area contributed by atoms with Gasteiger partial charge in [0.25, 0.3) is 0 Å². The van der Waals surface area contributed by atoms with Crippen LogP contribution in [0.2, 0.25) is 0 Å². The predicted octanol–water partition coefficient (Wildman–Crippen LogP) is 2.35. The second kappa shape index (κ2) is 5.29. The summed E-state index contributed by atoms with van der Waals surface area (Å²) in [6.45, 7) is 7.12. The van der Waals surface area contributed by atoms with Gasteiger partial charge in [0.2, 0.25) is 0 Å². The molecule has 1 aromatic carbocycles. The predicted molar refractivity (Wildman–Crippen MR) is 65.9 cm³/mol. The van der Waals surface area contributed by atoms with E-state index < -0.39 is 0 Å². The summed E-state index contributed by atoms with van der Waals surface area (Å²) in [5.74, 6) is 0. The third kappa shape index (κ3) is 3.05. The van der Waals surface area contributed by atoms with E-state index in [2.05, 4.69) is 32.9 Å². The number of hydrogen-bond donors (Lipinski definition) is 2. The Balaban J connectivity index is 2.88. The van der Waals surface area contributed by atoms with E-state index >= 15 is 0 Å². The van der Waals surface area contributed by atoms with Crippen LogP contribution in [0.25, 0.3) is 0 Å². The SMILES string of the molecule is Cc1cc(C)c(C(N)CCCN)cc1C. The van der Waals surface area contributed by atoms with Crippen LogP contribution >= 0.6 is 0 Å². The monoisotopic (exact) mass is 206 g/mol. The highest BCUT2D eigenvalue weighted by atomic mass is 14.6. The van der Waals surface area contributed by atoms with Gasteiger partial charge < -0.3 is 11.5 Å². The lowest BCUT2D eigenvalue weighted by Crippen LogP contribution is -2.14. The van der Waals surface area contributed by atoms with Crippen LogP contribution < -0.4 is 11.5 Å². The normalized spacial score (nSPS) is 12.9. The van der Waals surface area contributed by atoms with Crippen LogP contribution in [0.5, 0.6) is 0 Å². The summed E-state index contributed by atoms with van der Waals surface area (Å²) in [7, 11) is 0. The summed E-state index contributed by atoms with van der Waals surface area (Å²) in [4.78, 5) is 0. The maximum absolute atomic E-state index is 6.15. The van der Waals surface area contributed by atoms with E-state index in [-0.39, 0.29) is 6.04 Å². The number of benzene rings is 1.